The van der Waals surface area contributed by atoms with Crippen LogP contribution in [0.3, 0.4) is 0 Å². The summed E-state index contributed by atoms with van der Waals surface area (Å²) in [6.07, 6.45) is 5.48. The van der Waals surface area contributed by atoms with Crippen molar-refractivity contribution in [2.24, 2.45) is 12.8 Å². The van der Waals surface area contributed by atoms with Gasteiger partial charge in [-0.25, -0.2) is 0 Å². The van der Waals surface area contributed by atoms with Crippen LogP contribution in [0.15, 0.2) is 35.6 Å². The summed E-state index contributed by atoms with van der Waals surface area (Å²) >= 11 is 1.69. The molecule has 2 aromatic rings. The number of amidine groups is 1. The fraction of sp³-hybridized carbons (Fsp3) is 0.182. The van der Waals surface area contributed by atoms with Crippen LogP contribution in [0, 0.1) is 5.41 Å². The van der Waals surface area contributed by atoms with E-state index in [1.54, 1.807) is 22.6 Å². The van der Waals surface area contributed by atoms with Crippen molar-refractivity contribution >= 4 is 17.6 Å². The molecular formula is C11H13N5S. The minimum absolute atomic E-state index is 0.00164. The van der Waals surface area contributed by atoms with Crippen molar-refractivity contribution in [2.45, 2.75) is 10.6 Å². The van der Waals surface area contributed by atoms with E-state index < -0.39 is 0 Å². The standard InChI is InChI=1S/C11H13N5S/c1-16-6-9(5-15-16)17-7-8-2-3-14-10(4-8)11(12)13/h2-6H,7H2,1H3,(H3,12,13). The highest BCUT2D eigenvalue weighted by atomic mass is 32.2. The van der Waals surface area contributed by atoms with Gasteiger partial charge in [0.25, 0.3) is 0 Å². The van der Waals surface area contributed by atoms with Gasteiger partial charge in [0, 0.05) is 30.1 Å². The van der Waals surface area contributed by atoms with Crippen molar-refractivity contribution < 1.29 is 0 Å². The molecule has 0 atom stereocenters. The first kappa shape index (κ1) is 11.7. The van der Waals surface area contributed by atoms with Gasteiger partial charge in [0.2, 0.25) is 0 Å². The summed E-state index contributed by atoms with van der Waals surface area (Å²) in [5.74, 6) is 0.812. The topological polar surface area (TPSA) is 80.6 Å². The molecule has 0 aromatic carbocycles. The molecule has 0 spiro atoms. The second-order valence-corrected chi connectivity index (χ2v) is 4.65. The maximum Gasteiger partial charge on any atom is 0.141 e. The van der Waals surface area contributed by atoms with Crippen LogP contribution in [0.1, 0.15) is 11.3 Å². The summed E-state index contributed by atoms with van der Waals surface area (Å²) < 4.78 is 1.77. The normalized spacial score (nSPS) is 10.4. The summed E-state index contributed by atoms with van der Waals surface area (Å²) in [7, 11) is 1.89. The van der Waals surface area contributed by atoms with E-state index in [9.17, 15) is 0 Å². The first-order valence-electron chi connectivity index (χ1n) is 5.06. The number of rotatable bonds is 4. The van der Waals surface area contributed by atoms with Crippen molar-refractivity contribution in [3.8, 4) is 0 Å². The van der Waals surface area contributed by atoms with Crippen molar-refractivity contribution in [1.82, 2.24) is 14.8 Å². The highest BCUT2D eigenvalue weighted by molar-refractivity contribution is 7.98. The Labute approximate surface area is 104 Å². The lowest BCUT2D eigenvalue weighted by Crippen LogP contribution is -2.13. The second kappa shape index (κ2) is 5.01. The molecule has 5 nitrogen and oxygen atoms in total. The number of nitrogens with two attached hydrogens (primary N) is 1. The molecule has 0 bridgehead atoms. The second-order valence-electron chi connectivity index (χ2n) is 3.60. The Morgan fingerprint density at radius 3 is 3.06 bits per heavy atom. The maximum absolute atomic E-state index is 7.33. The molecule has 88 valence electrons. The van der Waals surface area contributed by atoms with E-state index in [-0.39, 0.29) is 5.84 Å². The van der Waals surface area contributed by atoms with Gasteiger partial charge in [0.1, 0.15) is 11.5 Å². The summed E-state index contributed by atoms with van der Waals surface area (Å²) in [5, 5.41) is 11.4. The third kappa shape index (κ3) is 3.07. The average Bonchev–Trinajstić information content (AvgIpc) is 2.73. The van der Waals surface area contributed by atoms with Crippen LogP contribution < -0.4 is 5.73 Å². The zero-order valence-corrected chi connectivity index (χ0v) is 10.2. The largest absolute Gasteiger partial charge is 0.382 e. The van der Waals surface area contributed by atoms with E-state index in [0.29, 0.717) is 5.69 Å². The summed E-state index contributed by atoms with van der Waals surface area (Å²) in [6.45, 7) is 0. The smallest absolute Gasteiger partial charge is 0.141 e. The van der Waals surface area contributed by atoms with Gasteiger partial charge >= 0.3 is 0 Å². The van der Waals surface area contributed by atoms with Crippen molar-refractivity contribution in [2.75, 3.05) is 0 Å². The Hall–Kier alpha value is -1.82. The van der Waals surface area contributed by atoms with Crippen LogP contribution in [-0.2, 0) is 12.8 Å². The first-order chi connectivity index (χ1) is 8.15. The lowest BCUT2D eigenvalue weighted by Gasteiger charge is -2.02. The monoisotopic (exact) mass is 247 g/mol. The molecule has 0 aliphatic heterocycles. The van der Waals surface area contributed by atoms with Crippen LogP contribution >= 0.6 is 11.8 Å². The van der Waals surface area contributed by atoms with Gasteiger partial charge in [-0.2, -0.15) is 5.10 Å². The van der Waals surface area contributed by atoms with Crippen LogP contribution in [0.25, 0.3) is 0 Å². The molecule has 0 radical (unpaired) electrons. The van der Waals surface area contributed by atoms with E-state index in [2.05, 4.69) is 10.1 Å². The minimum Gasteiger partial charge on any atom is -0.382 e. The molecule has 3 N–H and O–H groups in total. The zero-order valence-electron chi connectivity index (χ0n) is 9.42. The number of pyridine rings is 1. The maximum atomic E-state index is 7.33. The zero-order chi connectivity index (χ0) is 12.3. The highest BCUT2D eigenvalue weighted by Gasteiger charge is 2.02. The van der Waals surface area contributed by atoms with E-state index in [4.69, 9.17) is 11.1 Å². The molecule has 6 heteroatoms. The molecule has 0 aliphatic carbocycles. The average molecular weight is 247 g/mol. The Morgan fingerprint density at radius 1 is 1.59 bits per heavy atom. The SMILES string of the molecule is Cn1cc(SCc2ccnc(C(=N)N)c2)cn1. The Kier molecular flexibility index (Phi) is 3.43. The quantitative estimate of drug-likeness (QED) is 0.486. The van der Waals surface area contributed by atoms with Crippen LogP contribution in [0.5, 0.6) is 0 Å². The Bertz CT molecular complexity index is 534. The lowest BCUT2D eigenvalue weighted by molar-refractivity contribution is 0.766. The summed E-state index contributed by atoms with van der Waals surface area (Å²) in [4.78, 5) is 5.14. The number of nitrogens with one attached hydrogen (secondary N) is 1. The minimum atomic E-state index is -0.00164. The fourth-order valence-electron chi connectivity index (χ4n) is 1.35. The number of aromatic nitrogens is 3. The van der Waals surface area contributed by atoms with E-state index >= 15 is 0 Å². The number of hydrogen-bond acceptors (Lipinski definition) is 4. The number of nitrogens with zero attached hydrogens (tertiary/aromatic N) is 3. The van der Waals surface area contributed by atoms with Gasteiger partial charge in [-0.3, -0.25) is 15.1 Å². The molecule has 17 heavy (non-hydrogen) atoms. The molecule has 2 rings (SSSR count). The number of thioether (sulfide) groups is 1. The van der Waals surface area contributed by atoms with Gasteiger partial charge in [-0.15, -0.1) is 11.8 Å². The molecule has 0 fully saturated rings. The third-order valence-electron chi connectivity index (χ3n) is 2.19. The summed E-state index contributed by atoms with van der Waals surface area (Å²) in [6, 6.07) is 3.77. The van der Waals surface area contributed by atoms with Crippen LogP contribution in [-0.4, -0.2) is 20.6 Å². The lowest BCUT2D eigenvalue weighted by atomic mass is 10.2. The molecule has 0 unspecified atom stereocenters. The van der Waals surface area contributed by atoms with E-state index in [0.717, 1.165) is 16.2 Å². The van der Waals surface area contributed by atoms with Gasteiger partial charge in [-0.05, 0) is 17.7 Å². The van der Waals surface area contributed by atoms with Gasteiger partial charge in [0.05, 0.1) is 6.20 Å². The van der Waals surface area contributed by atoms with Gasteiger partial charge in [-0.1, -0.05) is 0 Å². The first-order valence-corrected chi connectivity index (χ1v) is 6.04. The van der Waals surface area contributed by atoms with Crippen molar-refractivity contribution in [3.63, 3.8) is 0 Å². The summed E-state index contributed by atoms with van der Waals surface area (Å²) in [5.41, 5.74) is 7.01. The number of hydrogen-bond donors (Lipinski definition) is 2. The van der Waals surface area contributed by atoms with E-state index in [1.807, 2.05) is 31.6 Å². The van der Waals surface area contributed by atoms with Crippen molar-refractivity contribution in [1.29, 1.82) is 5.41 Å². The molecule has 0 saturated carbocycles. The number of aryl methyl sites for hydroxylation is 1. The van der Waals surface area contributed by atoms with E-state index in [1.165, 1.54) is 0 Å². The third-order valence-corrected chi connectivity index (χ3v) is 3.21. The molecule has 0 aliphatic rings. The highest BCUT2D eigenvalue weighted by Crippen LogP contribution is 2.21. The fourth-order valence-corrected chi connectivity index (χ4v) is 2.21. The Balaban J connectivity index is 2.04. The molecule has 0 saturated heterocycles. The number of nitrogen functional groups attached to an aromatic ring is 1. The predicted molar refractivity (Wildman–Crippen MR) is 68.0 cm³/mol. The predicted octanol–water partition coefficient (Wildman–Crippen LogP) is 1.39. The van der Waals surface area contributed by atoms with Crippen LogP contribution in [0.2, 0.25) is 0 Å². The van der Waals surface area contributed by atoms with Gasteiger partial charge in [0.15, 0.2) is 0 Å². The van der Waals surface area contributed by atoms with Crippen LogP contribution in [0.4, 0.5) is 0 Å². The molecule has 2 heterocycles. The molecule has 0 amide bonds. The van der Waals surface area contributed by atoms with Crippen molar-refractivity contribution in [3.05, 3.63) is 42.0 Å². The molecule has 2 aromatic heterocycles. The molecular weight excluding hydrogens is 234 g/mol. The Morgan fingerprint density at radius 2 is 2.41 bits per heavy atom. The van der Waals surface area contributed by atoms with Gasteiger partial charge < -0.3 is 5.73 Å².